The Hall–Kier alpha value is -1.17. The summed E-state index contributed by atoms with van der Waals surface area (Å²) in [6, 6.07) is 0. The number of likely N-dealkylation sites (N-methyl/N-ethyl adjacent to an activating group) is 1. The lowest BCUT2D eigenvalue weighted by molar-refractivity contribution is -0.151. The highest BCUT2D eigenvalue weighted by Crippen LogP contribution is 2.33. The van der Waals surface area contributed by atoms with Gasteiger partial charge in [-0.2, -0.15) is 0 Å². The van der Waals surface area contributed by atoms with Crippen LogP contribution in [-0.2, 0) is 14.3 Å². The van der Waals surface area contributed by atoms with Crippen molar-refractivity contribution in [1.82, 2.24) is 10.4 Å². The summed E-state index contributed by atoms with van der Waals surface area (Å²) >= 11 is 0. The molecule has 2 atom stereocenters. The number of methoxy groups -OCH3 is 1. The largest absolute Gasteiger partial charge is 0.467 e. The Morgan fingerprint density at radius 1 is 1.67 bits per heavy atom. The van der Waals surface area contributed by atoms with Crippen molar-refractivity contribution in [3.63, 3.8) is 0 Å². The fourth-order valence-corrected chi connectivity index (χ4v) is 0.979. The summed E-state index contributed by atoms with van der Waals surface area (Å²) in [6.07, 6.45) is 0. The van der Waals surface area contributed by atoms with Gasteiger partial charge in [-0.1, -0.05) is 0 Å². The monoisotopic (exact) mass is 176 g/mol. The molecular weight excluding hydrogens is 167 g/mol. The number of ether oxygens (including phenoxy) is 1. The van der Waals surface area contributed by atoms with Gasteiger partial charge in [-0.3, -0.25) is 4.79 Å². The van der Waals surface area contributed by atoms with Crippen LogP contribution in [0.25, 0.3) is 0 Å². The number of amides is 1. The van der Waals surface area contributed by atoms with E-state index in [1.54, 1.807) is 0 Å². The molecule has 1 aliphatic heterocycles. The number of carbonyl (C=O) groups is 2. The number of esters is 1. The summed E-state index contributed by atoms with van der Waals surface area (Å²) in [5.74, 6) is -1.55. The molecule has 12 heavy (non-hydrogen) atoms. The van der Waals surface area contributed by atoms with E-state index in [1.165, 1.54) is 7.05 Å². The van der Waals surface area contributed by atoms with Gasteiger partial charge in [0.1, 0.15) is 0 Å². The maximum Gasteiger partial charge on any atom is 0.340 e. The molecule has 1 amide bonds. The lowest BCUT2D eigenvalue weighted by Crippen LogP contribution is -2.44. The second-order valence-electron chi connectivity index (χ2n) is 2.45. The molecule has 6 heteroatoms. The van der Waals surface area contributed by atoms with Gasteiger partial charge >= 0.3 is 5.97 Å². The fraction of sp³-hybridized carbons (Fsp3) is 0.667. The Balaban J connectivity index is 2.79. The molecule has 0 aromatic carbocycles. The summed E-state index contributed by atoms with van der Waals surface area (Å²) in [5, 5.41) is 2.33. The molecule has 2 unspecified atom stereocenters. The van der Waals surface area contributed by atoms with E-state index in [1.807, 2.05) is 0 Å². The molecule has 0 bridgehead atoms. The highest BCUT2D eigenvalue weighted by molar-refractivity contribution is 6.10. The molecule has 0 saturated carbocycles. The quantitative estimate of drug-likeness (QED) is 0.250. The van der Waals surface area contributed by atoms with E-state index in [0.29, 0.717) is 0 Å². The lowest BCUT2D eigenvalue weighted by Gasteiger charge is -2.08. The molecule has 0 aromatic rings. The van der Waals surface area contributed by atoms with E-state index < -0.39 is 17.4 Å². The Kier molecular flexibility index (Phi) is 2.01. The van der Waals surface area contributed by atoms with Crippen molar-refractivity contribution < 1.29 is 18.8 Å². The number of carbonyl (C=O) groups excluding carboxylic acids is 2. The zero-order valence-electron chi connectivity index (χ0n) is 6.76. The molecule has 1 heterocycles. The van der Waals surface area contributed by atoms with Gasteiger partial charge < -0.3 is 10.1 Å². The van der Waals surface area contributed by atoms with Crippen molar-refractivity contribution >= 4 is 11.9 Å². The normalized spacial score (nSPS) is 32.4. The van der Waals surface area contributed by atoms with Crippen LogP contribution in [0.3, 0.4) is 0 Å². The molecule has 68 valence electrons. The first-order valence-corrected chi connectivity index (χ1v) is 3.33. The van der Waals surface area contributed by atoms with Crippen molar-refractivity contribution in [1.29, 1.82) is 0 Å². The van der Waals surface area contributed by atoms with Crippen LogP contribution in [0.4, 0.5) is 4.48 Å². The van der Waals surface area contributed by atoms with Gasteiger partial charge in [-0.05, 0) is 0 Å². The van der Waals surface area contributed by atoms with Crippen LogP contribution >= 0.6 is 0 Å². The molecule has 1 aliphatic rings. The minimum atomic E-state index is -1.72. The Morgan fingerprint density at radius 2 is 2.17 bits per heavy atom. The molecule has 1 rings (SSSR count). The molecular formula is C6H9FN2O3. The smallest absolute Gasteiger partial charge is 0.340 e. The summed E-state index contributed by atoms with van der Waals surface area (Å²) < 4.78 is 16.9. The van der Waals surface area contributed by atoms with E-state index in [0.717, 1.165) is 7.11 Å². The predicted octanol–water partition coefficient (Wildman–Crippen LogP) is -1.16. The highest BCUT2D eigenvalue weighted by atomic mass is 19.2. The lowest BCUT2D eigenvalue weighted by atomic mass is 10.1. The molecule has 0 aliphatic carbocycles. The van der Waals surface area contributed by atoms with E-state index in [2.05, 4.69) is 10.1 Å². The number of nitrogens with one attached hydrogen (secondary N) is 1. The average molecular weight is 176 g/mol. The third-order valence-corrected chi connectivity index (χ3v) is 1.80. The third-order valence-electron chi connectivity index (χ3n) is 1.80. The van der Waals surface area contributed by atoms with Crippen LogP contribution < -0.4 is 5.32 Å². The SMILES string of the molecule is CNC(=O)C1(C(=O)OC)CN1F. The van der Waals surface area contributed by atoms with Crippen LogP contribution in [0, 0.1) is 0 Å². The van der Waals surface area contributed by atoms with Crippen molar-refractivity contribution in [2.45, 2.75) is 5.54 Å². The fourth-order valence-electron chi connectivity index (χ4n) is 0.979. The first-order chi connectivity index (χ1) is 5.59. The van der Waals surface area contributed by atoms with Crippen LogP contribution in [-0.4, -0.2) is 43.2 Å². The second kappa shape index (κ2) is 2.71. The van der Waals surface area contributed by atoms with E-state index in [-0.39, 0.29) is 11.7 Å². The van der Waals surface area contributed by atoms with Crippen molar-refractivity contribution in [3.05, 3.63) is 0 Å². The van der Waals surface area contributed by atoms with E-state index in [4.69, 9.17) is 0 Å². The molecule has 1 N–H and O–H groups in total. The maximum absolute atomic E-state index is 12.6. The number of hydrogen-bond donors (Lipinski definition) is 1. The number of halogens is 1. The third kappa shape index (κ3) is 0.953. The van der Waals surface area contributed by atoms with Crippen molar-refractivity contribution in [2.24, 2.45) is 0 Å². The van der Waals surface area contributed by atoms with Gasteiger partial charge in [0.2, 0.25) is 5.54 Å². The average Bonchev–Trinajstić information content (AvgIpc) is 2.76. The molecule has 5 nitrogen and oxygen atoms in total. The predicted molar refractivity (Wildman–Crippen MR) is 36.6 cm³/mol. The van der Waals surface area contributed by atoms with E-state index in [9.17, 15) is 14.1 Å². The number of rotatable bonds is 2. The van der Waals surface area contributed by atoms with Gasteiger partial charge in [0.05, 0.1) is 13.7 Å². The number of hydrogen-bond acceptors (Lipinski definition) is 4. The molecule has 1 saturated heterocycles. The van der Waals surface area contributed by atoms with Crippen LogP contribution in [0.1, 0.15) is 0 Å². The Labute approximate surface area is 68.4 Å². The molecule has 0 spiro atoms. The zero-order chi connectivity index (χ0) is 9.35. The first kappa shape index (κ1) is 8.92. The van der Waals surface area contributed by atoms with Crippen LogP contribution in [0.2, 0.25) is 0 Å². The minimum absolute atomic E-state index is 0.137. The van der Waals surface area contributed by atoms with Crippen molar-refractivity contribution in [2.75, 3.05) is 20.7 Å². The number of nitrogens with zero attached hydrogens (tertiary/aromatic N) is 1. The van der Waals surface area contributed by atoms with E-state index >= 15 is 0 Å². The summed E-state index contributed by atoms with van der Waals surface area (Å²) in [6.45, 7) is -0.237. The molecule has 0 radical (unpaired) electrons. The van der Waals surface area contributed by atoms with Gasteiger partial charge in [0, 0.05) is 7.05 Å². The Morgan fingerprint density at radius 3 is 2.42 bits per heavy atom. The van der Waals surface area contributed by atoms with Crippen LogP contribution in [0.15, 0.2) is 0 Å². The summed E-state index contributed by atoms with van der Waals surface area (Å²) in [4.78, 5) is 22.0. The Bertz CT molecular complexity index is 215. The van der Waals surface area contributed by atoms with Crippen LogP contribution in [0.5, 0.6) is 0 Å². The van der Waals surface area contributed by atoms with Gasteiger partial charge in [0.25, 0.3) is 5.91 Å². The molecule has 1 fully saturated rings. The first-order valence-electron chi connectivity index (χ1n) is 3.33. The maximum atomic E-state index is 12.6. The summed E-state index contributed by atoms with van der Waals surface area (Å²) in [7, 11) is 2.44. The molecule has 0 aromatic heterocycles. The summed E-state index contributed by atoms with van der Waals surface area (Å²) in [5.41, 5.74) is -1.72. The van der Waals surface area contributed by atoms with Gasteiger partial charge in [-0.15, -0.1) is 9.60 Å². The van der Waals surface area contributed by atoms with Crippen molar-refractivity contribution in [3.8, 4) is 0 Å². The zero-order valence-corrected chi connectivity index (χ0v) is 6.76. The highest BCUT2D eigenvalue weighted by Gasteiger charge is 2.67. The minimum Gasteiger partial charge on any atom is -0.467 e. The van der Waals surface area contributed by atoms with Gasteiger partial charge in [0.15, 0.2) is 0 Å². The second-order valence-corrected chi connectivity index (χ2v) is 2.45. The standard InChI is InChI=1S/C6H9FN2O3/c1-8-4(10)6(3-9(6)7)5(11)12-2/h3H2,1-2H3,(H,8,10). The topological polar surface area (TPSA) is 58.4 Å². The van der Waals surface area contributed by atoms with Gasteiger partial charge in [-0.25, -0.2) is 4.79 Å².